The van der Waals surface area contributed by atoms with Gasteiger partial charge in [-0.25, -0.2) is 4.98 Å². The molecule has 27 heavy (non-hydrogen) atoms. The number of halogens is 1. The van der Waals surface area contributed by atoms with Crippen LogP contribution in [0.25, 0.3) is 11.1 Å². The molecule has 0 bridgehead atoms. The summed E-state index contributed by atoms with van der Waals surface area (Å²) < 4.78 is 5.28. The van der Waals surface area contributed by atoms with Crippen LogP contribution in [-0.2, 0) is 16.0 Å². The van der Waals surface area contributed by atoms with E-state index in [-0.39, 0.29) is 11.8 Å². The maximum Gasteiger partial charge on any atom is 0.234 e. The summed E-state index contributed by atoms with van der Waals surface area (Å²) in [6.07, 6.45) is 4.61. The Labute approximate surface area is 161 Å². The minimum atomic E-state index is -0.403. The van der Waals surface area contributed by atoms with Gasteiger partial charge in [-0.05, 0) is 23.1 Å². The van der Waals surface area contributed by atoms with Crippen molar-refractivity contribution in [2.45, 2.75) is 25.2 Å². The first-order valence-corrected chi connectivity index (χ1v) is 9.09. The molecule has 0 radical (unpaired) electrons. The number of hydrogen-bond acceptors (Lipinski definition) is 4. The summed E-state index contributed by atoms with van der Waals surface area (Å²) >= 11 is 6.64. The zero-order valence-corrected chi connectivity index (χ0v) is 15.2. The standard InChI is InChI=1S/C21H17ClN2O3/c22-20-15(2-1-3-16(20)17-8-9-18(25)24-21(17)26)14-6-4-13(5-7-14)12-19-23-10-11-27-19/h1-7,10-11,17H,8-9,12H2,(H,24,25,26). The van der Waals surface area contributed by atoms with Gasteiger partial charge in [0.05, 0.1) is 17.1 Å². The average Bonchev–Trinajstić information content (AvgIpc) is 3.16. The number of hydrogen-bond donors (Lipinski definition) is 1. The van der Waals surface area contributed by atoms with Crippen molar-refractivity contribution < 1.29 is 14.0 Å². The second kappa shape index (κ2) is 7.37. The van der Waals surface area contributed by atoms with Crippen LogP contribution in [-0.4, -0.2) is 16.8 Å². The summed E-state index contributed by atoms with van der Waals surface area (Å²) in [5.41, 5.74) is 3.66. The molecular weight excluding hydrogens is 364 g/mol. The van der Waals surface area contributed by atoms with E-state index in [1.807, 2.05) is 42.5 Å². The van der Waals surface area contributed by atoms with E-state index in [0.717, 1.165) is 22.3 Å². The molecule has 0 spiro atoms. The number of nitrogens with one attached hydrogen (secondary N) is 1. The van der Waals surface area contributed by atoms with E-state index in [9.17, 15) is 9.59 Å². The second-order valence-electron chi connectivity index (χ2n) is 6.51. The Balaban J connectivity index is 1.60. The number of imide groups is 1. The quantitative estimate of drug-likeness (QED) is 0.691. The van der Waals surface area contributed by atoms with Crippen molar-refractivity contribution in [2.24, 2.45) is 0 Å². The van der Waals surface area contributed by atoms with Gasteiger partial charge in [-0.2, -0.15) is 0 Å². The molecule has 6 heteroatoms. The molecule has 0 saturated carbocycles. The molecule has 136 valence electrons. The summed E-state index contributed by atoms with van der Waals surface area (Å²) in [6.45, 7) is 0. The molecule has 1 unspecified atom stereocenters. The van der Waals surface area contributed by atoms with Crippen molar-refractivity contribution in [1.82, 2.24) is 10.3 Å². The Hall–Kier alpha value is -2.92. The Morgan fingerprint density at radius 2 is 1.96 bits per heavy atom. The molecule has 5 nitrogen and oxygen atoms in total. The molecule has 1 aliphatic heterocycles. The highest BCUT2D eigenvalue weighted by Crippen LogP contribution is 2.37. The zero-order valence-electron chi connectivity index (χ0n) is 14.4. The lowest BCUT2D eigenvalue weighted by Crippen LogP contribution is -2.39. The molecule has 4 rings (SSSR count). The number of nitrogens with zero attached hydrogens (tertiary/aromatic N) is 1. The summed E-state index contributed by atoms with van der Waals surface area (Å²) in [7, 11) is 0. The van der Waals surface area contributed by atoms with E-state index >= 15 is 0 Å². The van der Waals surface area contributed by atoms with Crippen molar-refractivity contribution >= 4 is 23.4 Å². The number of carbonyl (C=O) groups is 2. The van der Waals surface area contributed by atoms with Crippen LogP contribution in [0.4, 0.5) is 0 Å². The van der Waals surface area contributed by atoms with Crippen molar-refractivity contribution in [1.29, 1.82) is 0 Å². The lowest BCUT2D eigenvalue weighted by molar-refractivity contribution is -0.134. The van der Waals surface area contributed by atoms with E-state index < -0.39 is 5.92 Å². The number of rotatable bonds is 4. The highest BCUT2D eigenvalue weighted by Gasteiger charge is 2.30. The highest BCUT2D eigenvalue weighted by molar-refractivity contribution is 6.34. The molecule has 0 aliphatic carbocycles. The molecule has 2 aromatic carbocycles. The van der Waals surface area contributed by atoms with Crippen LogP contribution in [0.5, 0.6) is 0 Å². The minimum Gasteiger partial charge on any atom is -0.449 e. The second-order valence-corrected chi connectivity index (χ2v) is 6.89. The Morgan fingerprint density at radius 1 is 1.15 bits per heavy atom. The Kier molecular flexibility index (Phi) is 4.77. The number of benzene rings is 2. The zero-order chi connectivity index (χ0) is 18.8. The maximum absolute atomic E-state index is 12.2. The largest absolute Gasteiger partial charge is 0.449 e. The van der Waals surface area contributed by atoms with Crippen molar-refractivity contribution in [3.05, 3.63) is 77.0 Å². The van der Waals surface area contributed by atoms with Gasteiger partial charge >= 0.3 is 0 Å². The number of amides is 2. The first kappa shape index (κ1) is 17.5. The van der Waals surface area contributed by atoms with Gasteiger partial charge in [0.2, 0.25) is 11.8 Å². The van der Waals surface area contributed by atoms with Crippen molar-refractivity contribution in [3.8, 4) is 11.1 Å². The smallest absolute Gasteiger partial charge is 0.234 e. The van der Waals surface area contributed by atoms with Gasteiger partial charge in [-0.1, -0.05) is 54.1 Å². The fourth-order valence-electron chi connectivity index (χ4n) is 3.35. The molecule has 1 atom stereocenters. The normalized spacial score (nSPS) is 17.0. The van der Waals surface area contributed by atoms with Crippen LogP contribution in [0.3, 0.4) is 0 Å². The van der Waals surface area contributed by atoms with Crippen LogP contribution in [0, 0.1) is 0 Å². The van der Waals surface area contributed by atoms with Gasteiger partial charge in [0, 0.05) is 18.4 Å². The third-order valence-corrected chi connectivity index (χ3v) is 5.17. The molecule has 1 aromatic heterocycles. The monoisotopic (exact) mass is 380 g/mol. The molecule has 1 N–H and O–H groups in total. The van der Waals surface area contributed by atoms with Gasteiger partial charge in [0.25, 0.3) is 0 Å². The van der Waals surface area contributed by atoms with Gasteiger partial charge in [-0.3, -0.25) is 14.9 Å². The van der Waals surface area contributed by atoms with Gasteiger partial charge in [0.1, 0.15) is 6.26 Å². The third-order valence-electron chi connectivity index (χ3n) is 4.75. The highest BCUT2D eigenvalue weighted by atomic mass is 35.5. The number of piperidine rings is 1. The minimum absolute atomic E-state index is 0.231. The number of aromatic nitrogens is 1. The van der Waals surface area contributed by atoms with E-state index in [4.69, 9.17) is 16.0 Å². The third kappa shape index (κ3) is 3.64. The number of oxazole rings is 1. The summed E-state index contributed by atoms with van der Waals surface area (Å²) in [4.78, 5) is 27.7. The van der Waals surface area contributed by atoms with E-state index in [2.05, 4.69) is 10.3 Å². The van der Waals surface area contributed by atoms with Crippen molar-refractivity contribution in [2.75, 3.05) is 0 Å². The summed E-state index contributed by atoms with van der Waals surface area (Å²) in [5, 5.41) is 2.94. The van der Waals surface area contributed by atoms with Gasteiger partial charge < -0.3 is 4.42 Å². The Morgan fingerprint density at radius 3 is 2.67 bits per heavy atom. The van der Waals surface area contributed by atoms with Crippen LogP contribution in [0.15, 0.2) is 59.3 Å². The predicted octanol–water partition coefficient (Wildman–Crippen LogP) is 4.11. The van der Waals surface area contributed by atoms with Crippen molar-refractivity contribution in [3.63, 3.8) is 0 Å². The fraction of sp³-hybridized carbons (Fsp3) is 0.190. The van der Waals surface area contributed by atoms with E-state index in [1.165, 1.54) is 0 Å². The van der Waals surface area contributed by atoms with E-state index in [0.29, 0.717) is 30.2 Å². The Bertz CT molecular complexity index is 981. The first-order chi connectivity index (χ1) is 13.1. The maximum atomic E-state index is 12.2. The molecule has 3 aromatic rings. The predicted molar refractivity (Wildman–Crippen MR) is 101 cm³/mol. The summed E-state index contributed by atoms with van der Waals surface area (Å²) in [6, 6.07) is 13.7. The molecular formula is C21H17ClN2O3. The van der Waals surface area contributed by atoms with Crippen LogP contribution >= 0.6 is 11.6 Å². The van der Waals surface area contributed by atoms with Crippen LogP contribution in [0.2, 0.25) is 5.02 Å². The molecule has 2 heterocycles. The average molecular weight is 381 g/mol. The molecule has 1 aliphatic rings. The number of carbonyl (C=O) groups excluding carboxylic acids is 2. The SMILES string of the molecule is O=C1CCC(c2cccc(-c3ccc(Cc4ncco4)cc3)c2Cl)C(=O)N1. The lowest BCUT2D eigenvalue weighted by Gasteiger charge is -2.23. The van der Waals surface area contributed by atoms with Gasteiger partial charge in [0.15, 0.2) is 5.89 Å². The van der Waals surface area contributed by atoms with E-state index in [1.54, 1.807) is 12.5 Å². The topological polar surface area (TPSA) is 72.2 Å². The first-order valence-electron chi connectivity index (χ1n) is 8.71. The fourth-order valence-corrected chi connectivity index (χ4v) is 3.72. The van der Waals surface area contributed by atoms with Crippen LogP contribution < -0.4 is 5.32 Å². The molecule has 1 saturated heterocycles. The lowest BCUT2D eigenvalue weighted by atomic mass is 9.88. The molecule has 2 amide bonds. The molecule has 1 fully saturated rings. The van der Waals surface area contributed by atoms with Crippen LogP contribution in [0.1, 0.15) is 35.8 Å². The van der Waals surface area contributed by atoms with Gasteiger partial charge in [-0.15, -0.1) is 0 Å². The summed E-state index contributed by atoms with van der Waals surface area (Å²) in [5.74, 6) is -0.253.